The molecular formula is C13H19N3OS. The van der Waals surface area contributed by atoms with Crippen LogP contribution < -0.4 is 4.74 Å². The number of hydrogen-bond donors (Lipinski definition) is 1. The number of aromatic amines is 1. The summed E-state index contributed by atoms with van der Waals surface area (Å²) in [6.07, 6.45) is 1.03. The van der Waals surface area contributed by atoms with E-state index in [9.17, 15) is 0 Å². The number of ether oxygens (including phenoxy) is 1. The van der Waals surface area contributed by atoms with Crippen LogP contribution in [0.2, 0.25) is 0 Å². The summed E-state index contributed by atoms with van der Waals surface area (Å²) in [6, 6.07) is 4.15. The van der Waals surface area contributed by atoms with Crippen LogP contribution in [0, 0.1) is 10.7 Å². The number of nitrogens with zero attached hydrogens (tertiary/aromatic N) is 2. The molecule has 4 nitrogen and oxygen atoms in total. The SMILES string of the molecule is CCC(C(C)C)n1c(=S)[nH]c2ccc(OC)nc21. The van der Waals surface area contributed by atoms with Gasteiger partial charge in [0, 0.05) is 12.1 Å². The van der Waals surface area contributed by atoms with Crippen LogP contribution in [0.4, 0.5) is 0 Å². The Balaban J connectivity index is 2.68. The van der Waals surface area contributed by atoms with Crippen LogP contribution in [-0.4, -0.2) is 21.6 Å². The molecule has 1 atom stereocenters. The molecule has 0 spiro atoms. The third kappa shape index (κ3) is 2.14. The van der Waals surface area contributed by atoms with E-state index in [1.165, 1.54) is 0 Å². The highest BCUT2D eigenvalue weighted by molar-refractivity contribution is 7.71. The third-order valence-corrected chi connectivity index (χ3v) is 3.57. The summed E-state index contributed by atoms with van der Waals surface area (Å²) >= 11 is 5.42. The van der Waals surface area contributed by atoms with Crippen molar-refractivity contribution in [3.63, 3.8) is 0 Å². The largest absolute Gasteiger partial charge is 0.481 e. The molecule has 0 aliphatic heterocycles. The monoisotopic (exact) mass is 265 g/mol. The highest BCUT2D eigenvalue weighted by Gasteiger charge is 2.18. The number of fused-ring (bicyclic) bond motifs is 1. The van der Waals surface area contributed by atoms with Gasteiger partial charge < -0.3 is 9.72 Å². The molecule has 0 saturated carbocycles. The van der Waals surface area contributed by atoms with Gasteiger partial charge in [-0.3, -0.25) is 4.57 Å². The average Bonchev–Trinajstić information content (AvgIpc) is 2.66. The Labute approximate surface area is 112 Å². The van der Waals surface area contributed by atoms with Crippen LogP contribution in [-0.2, 0) is 0 Å². The van der Waals surface area contributed by atoms with Crippen molar-refractivity contribution in [1.29, 1.82) is 0 Å². The van der Waals surface area contributed by atoms with Crippen molar-refractivity contribution in [2.75, 3.05) is 7.11 Å². The Morgan fingerprint density at radius 1 is 1.44 bits per heavy atom. The number of imidazole rings is 1. The molecule has 1 unspecified atom stereocenters. The first-order valence-electron chi connectivity index (χ1n) is 6.23. The number of methoxy groups -OCH3 is 1. The first-order chi connectivity index (χ1) is 8.58. The second-order valence-electron chi connectivity index (χ2n) is 4.74. The Morgan fingerprint density at radius 2 is 2.17 bits per heavy atom. The van der Waals surface area contributed by atoms with E-state index in [4.69, 9.17) is 17.0 Å². The fraction of sp³-hybridized carbons (Fsp3) is 0.538. The van der Waals surface area contributed by atoms with Gasteiger partial charge >= 0.3 is 0 Å². The third-order valence-electron chi connectivity index (χ3n) is 3.27. The van der Waals surface area contributed by atoms with Crippen molar-refractivity contribution in [3.8, 4) is 5.88 Å². The molecule has 2 rings (SSSR count). The van der Waals surface area contributed by atoms with Crippen LogP contribution in [0.15, 0.2) is 12.1 Å². The molecule has 0 aliphatic carbocycles. The van der Waals surface area contributed by atoms with Gasteiger partial charge in [0.25, 0.3) is 0 Å². The fourth-order valence-corrected chi connectivity index (χ4v) is 2.69. The lowest BCUT2D eigenvalue weighted by atomic mass is 10.0. The van der Waals surface area contributed by atoms with E-state index >= 15 is 0 Å². The number of hydrogen-bond acceptors (Lipinski definition) is 3. The van der Waals surface area contributed by atoms with E-state index in [1.54, 1.807) is 7.11 Å². The van der Waals surface area contributed by atoms with E-state index in [1.807, 2.05) is 12.1 Å². The highest BCUT2D eigenvalue weighted by Crippen LogP contribution is 2.27. The van der Waals surface area contributed by atoms with Gasteiger partial charge in [-0.2, -0.15) is 4.98 Å². The summed E-state index contributed by atoms with van der Waals surface area (Å²) in [5, 5.41) is 0. The molecule has 0 bridgehead atoms. The molecule has 0 fully saturated rings. The molecule has 18 heavy (non-hydrogen) atoms. The Hall–Kier alpha value is -1.36. The van der Waals surface area contributed by atoms with Crippen molar-refractivity contribution < 1.29 is 4.74 Å². The Kier molecular flexibility index (Phi) is 3.71. The quantitative estimate of drug-likeness (QED) is 0.857. The van der Waals surface area contributed by atoms with Gasteiger partial charge in [0.1, 0.15) is 0 Å². The Morgan fingerprint density at radius 3 is 2.72 bits per heavy atom. The molecule has 0 saturated heterocycles. The summed E-state index contributed by atoms with van der Waals surface area (Å²) in [4.78, 5) is 7.72. The van der Waals surface area contributed by atoms with Crippen LogP contribution in [0.3, 0.4) is 0 Å². The van der Waals surface area contributed by atoms with E-state index in [0.29, 0.717) is 17.8 Å². The summed E-state index contributed by atoms with van der Waals surface area (Å²) in [7, 11) is 1.62. The minimum Gasteiger partial charge on any atom is -0.481 e. The van der Waals surface area contributed by atoms with E-state index in [0.717, 1.165) is 22.4 Å². The topological polar surface area (TPSA) is 42.8 Å². The normalized spacial score (nSPS) is 13.2. The number of rotatable bonds is 4. The maximum Gasteiger partial charge on any atom is 0.215 e. The summed E-state index contributed by atoms with van der Waals surface area (Å²) in [5.41, 5.74) is 1.83. The van der Waals surface area contributed by atoms with Gasteiger partial charge in [0.15, 0.2) is 10.4 Å². The maximum absolute atomic E-state index is 5.42. The molecule has 0 radical (unpaired) electrons. The molecule has 0 amide bonds. The van der Waals surface area contributed by atoms with Crippen molar-refractivity contribution >= 4 is 23.4 Å². The second-order valence-corrected chi connectivity index (χ2v) is 5.13. The molecule has 5 heteroatoms. The summed E-state index contributed by atoms with van der Waals surface area (Å²) < 4.78 is 8.03. The van der Waals surface area contributed by atoms with E-state index in [2.05, 4.69) is 35.3 Å². The van der Waals surface area contributed by atoms with Crippen molar-refractivity contribution in [3.05, 3.63) is 16.9 Å². The first kappa shape index (κ1) is 13.1. The lowest BCUT2D eigenvalue weighted by Gasteiger charge is -2.21. The van der Waals surface area contributed by atoms with Crippen LogP contribution in [0.1, 0.15) is 33.2 Å². The Bertz CT molecular complexity index is 600. The number of nitrogens with one attached hydrogen (secondary N) is 1. The predicted molar refractivity (Wildman–Crippen MR) is 75.6 cm³/mol. The smallest absolute Gasteiger partial charge is 0.215 e. The van der Waals surface area contributed by atoms with Crippen molar-refractivity contribution in [2.24, 2.45) is 5.92 Å². The second kappa shape index (κ2) is 5.10. The number of H-pyrrole nitrogens is 1. The summed E-state index contributed by atoms with van der Waals surface area (Å²) in [5.74, 6) is 1.12. The molecular weight excluding hydrogens is 246 g/mol. The molecule has 2 aromatic rings. The maximum atomic E-state index is 5.42. The van der Waals surface area contributed by atoms with E-state index in [-0.39, 0.29) is 0 Å². The van der Waals surface area contributed by atoms with Crippen LogP contribution >= 0.6 is 12.2 Å². The van der Waals surface area contributed by atoms with Crippen LogP contribution in [0.25, 0.3) is 11.2 Å². The minimum atomic E-state index is 0.353. The zero-order chi connectivity index (χ0) is 13.3. The van der Waals surface area contributed by atoms with Gasteiger partial charge in [-0.05, 0) is 30.6 Å². The van der Waals surface area contributed by atoms with E-state index < -0.39 is 0 Å². The minimum absolute atomic E-state index is 0.353. The standard InChI is InChI=1S/C13H19N3OS/c1-5-10(8(2)3)16-12-9(14-13(16)18)6-7-11(15-12)17-4/h6-8,10H,5H2,1-4H3,(H,14,18). The summed E-state index contributed by atoms with van der Waals surface area (Å²) in [6.45, 7) is 6.58. The van der Waals surface area contributed by atoms with Crippen LogP contribution in [0.5, 0.6) is 5.88 Å². The molecule has 0 aromatic carbocycles. The zero-order valence-electron chi connectivity index (χ0n) is 11.2. The van der Waals surface area contributed by atoms with Crippen molar-refractivity contribution in [2.45, 2.75) is 33.2 Å². The highest BCUT2D eigenvalue weighted by atomic mass is 32.1. The fourth-order valence-electron chi connectivity index (χ4n) is 2.36. The molecule has 2 aromatic heterocycles. The first-order valence-corrected chi connectivity index (χ1v) is 6.64. The lowest BCUT2D eigenvalue weighted by molar-refractivity contribution is 0.366. The van der Waals surface area contributed by atoms with Gasteiger partial charge in [0.05, 0.1) is 12.6 Å². The van der Waals surface area contributed by atoms with Gasteiger partial charge in [0.2, 0.25) is 5.88 Å². The van der Waals surface area contributed by atoms with Gasteiger partial charge in [-0.1, -0.05) is 20.8 Å². The predicted octanol–water partition coefficient (Wildman–Crippen LogP) is 3.71. The average molecular weight is 265 g/mol. The molecule has 0 aliphatic rings. The zero-order valence-corrected chi connectivity index (χ0v) is 12.0. The number of aromatic nitrogens is 3. The van der Waals surface area contributed by atoms with Gasteiger partial charge in [-0.25, -0.2) is 0 Å². The molecule has 2 heterocycles. The lowest BCUT2D eigenvalue weighted by Crippen LogP contribution is -2.15. The van der Waals surface area contributed by atoms with Gasteiger partial charge in [-0.15, -0.1) is 0 Å². The van der Waals surface area contributed by atoms with Crippen molar-refractivity contribution in [1.82, 2.24) is 14.5 Å². The number of pyridine rings is 1. The molecule has 1 N–H and O–H groups in total. The molecule has 98 valence electrons.